The minimum absolute atomic E-state index is 0.124. The lowest BCUT2D eigenvalue weighted by molar-refractivity contribution is -0.138. The van der Waals surface area contributed by atoms with Gasteiger partial charge in [0.05, 0.1) is 0 Å². The Bertz CT molecular complexity index is 1190. The molecular formula is C26H26N2O5. The summed E-state index contributed by atoms with van der Waals surface area (Å²) in [7, 11) is 0. The van der Waals surface area contributed by atoms with E-state index < -0.39 is 18.1 Å². The van der Waals surface area contributed by atoms with E-state index >= 15 is 0 Å². The Kier molecular flexibility index (Phi) is 7.81. The van der Waals surface area contributed by atoms with Crippen molar-refractivity contribution in [2.24, 2.45) is 5.73 Å². The van der Waals surface area contributed by atoms with Crippen molar-refractivity contribution in [1.29, 1.82) is 0 Å². The van der Waals surface area contributed by atoms with Crippen LogP contribution in [0.4, 0.5) is 4.79 Å². The fourth-order valence-corrected chi connectivity index (χ4v) is 3.53. The number of carbonyl (C=O) groups is 3. The van der Waals surface area contributed by atoms with Gasteiger partial charge in [-0.3, -0.25) is 9.59 Å². The van der Waals surface area contributed by atoms with Crippen molar-refractivity contribution in [1.82, 2.24) is 5.32 Å². The van der Waals surface area contributed by atoms with Crippen LogP contribution in [-0.2, 0) is 22.6 Å². The molecular weight excluding hydrogens is 420 g/mol. The number of amides is 2. The number of carboxylic acid groups (broad SMARTS) is 1. The van der Waals surface area contributed by atoms with Gasteiger partial charge < -0.3 is 20.9 Å². The Morgan fingerprint density at radius 1 is 1.03 bits per heavy atom. The molecule has 0 aromatic heterocycles. The first-order valence-electron chi connectivity index (χ1n) is 10.6. The third kappa shape index (κ3) is 6.20. The zero-order chi connectivity index (χ0) is 23.8. The van der Waals surface area contributed by atoms with E-state index in [-0.39, 0.29) is 12.5 Å². The van der Waals surface area contributed by atoms with Gasteiger partial charge in [-0.1, -0.05) is 66.7 Å². The molecule has 0 spiro atoms. The van der Waals surface area contributed by atoms with Gasteiger partial charge in [0.2, 0.25) is 5.91 Å². The van der Waals surface area contributed by atoms with Gasteiger partial charge in [-0.2, -0.15) is 0 Å². The van der Waals surface area contributed by atoms with Crippen LogP contribution in [0.25, 0.3) is 16.8 Å². The summed E-state index contributed by atoms with van der Waals surface area (Å²) >= 11 is 0. The Labute approximate surface area is 191 Å². The highest BCUT2D eigenvalue weighted by atomic mass is 16.5. The minimum atomic E-state index is -1.10. The second-order valence-corrected chi connectivity index (χ2v) is 7.61. The quantitative estimate of drug-likeness (QED) is 0.540. The van der Waals surface area contributed by atoms with Gasteiger partial charge in [0.15, 0.2) is 0 Å². The molecule has 7 nitrogen and oxygen atoms in total. The number of carbonyl (C=O) groups excluding carboxylic acids is 2. The summed E-state index contributed by atoms with van der Waals surface area (Å²) < 4.78 is 4.84. The third-order valence-corrected chi connectivity index (χ3v) is 5.25. The maximum absolute atomic E-state index is 11.4. The standard InChI is InChI=1S/C15H13NO.C11H13NO4/c16-15(17)14-7-3-6-12-11-5-2-1-4-10(11)8-9-13(12)14;1-8(10(13)14)12-11(15)16-7-9-5-3-2-4-6-9/h1,3-4,6-9H,2,5H2,(H2,16,17);2-6,8H,7H2,1H3,(H,12,15)(H,13,14)/t;8-/m.0/s1. The zero-order valence-corrected chi connectivity index (χ0v) is 18.3. The van der Waals surface area contributed by atoms with E-state index in [2.05, 4.69) is 29.6 Å². The SMILES string of the molecule is C[C@H](NC(=O)OCc1ccccc1)C(=O)O.NC(=O)c1cccc2c3c(ccc12)C=CCC3. The summed E-state index contributed by atoms with van der Waals surface area (Å²) in [5, 5.41) is 12.9. The average molecular weight is 447 g/mol. The highest BCUT2D eigenvalue weighted by Crippen LogP contribution is 2.29. The van der Waals surface area contributed by atoms with Gasteiger partial charge in [0.25, 0.3) is 0 Å². The Morgan fingerprint density at radius 2 is 1.79 bits per heavy atom. The van der Waals surface area contributed by atoms with Crippen molar-refractivity contribution < 1.29 is 24.2 Å². The van der Waals surface area contributed by atoms with Crippen LogP contribution in [0.5, 0.6) is 0 Å². The van der Waals surface area contributed by atoms with E-state index in [4.69, 9.17) is 15.6 Å². The number of ether oxygens (including phenoxy) is 1. The molecule has 0 aliphatic heterocycles. The number of aliphatic carboxylic acids is 1. The molecule has 3 aromatic rings. The molecule has 7 heteroatoms. The summed E-state index contributed by atoms with van der Waals surface area (Å²) in [4.78, 5) is 33.0. The molecule has 0 saturated carbocycles. The fourth-order valence-electron chi connectivity index (χ4n) is 3.53. The second-order valence-electron chi connectivity index (χ2n) is 7.61. The first kappa shape index (κ1) is 23.5. The zero-order valence-electron chi connectivity index (χ0n) is 18.3. The molecule has 170 valence electrons. The molecule has 4 N–H and O–H groups in total. The monoisotopic (exact) mass is 446 g/mol. The van der Waals surface area contributed by atoms with Crippen LogP contribution >= 0.6 is 0 Å². The fraction of sp³-hybridized carbons (Fsp3) is 0.192. The highest BCUT2D eigenvalue weighted by molar-refractivity contribution is 6.07. The first-order chi connectivity index (χ1) is 15.9. The number of hydrogen-bond acceptors (Lipinski definition) is 4. The second kappa shape index (κ2) is 10.9. The number of rotatable bonds is 5. The number of allylic oxidation sites excluding steroid dienone is 1. The molecule has 0 heterocycles. The van der Waals surface area contributed by atoms with E-state index in [9.17, 15) is 14.4 Å². The molecule has 2 amide bonds. The van der Waals surface area contributed by atoms with Gasteiger partial charge in [-0.05, 0) is 53.3 Å². The number of nitrogens with one attached hydrogen (secondary N) is 1. The lowest BCUT2D eigenvalue weighted by Crippen LogP contribution is -2.38. The van der Waals surface area contributed by atoms with Gasteiger partial charge >= 0.3 is 12.1 Å². The van der Waals surface area contributed by atoms with Gasteiger partial charge in [-0.15, -0.1) is 0 Å². The summed E-state index contributed by atoms with van der Waals surface area (Å²) in [6.45, 7) is 1.49. The molecule has 0 saturated heterocycles. The van der Waals surface area contributed by atoms with Crippen LogP contribution in [0.15, 0.2) is 66.7 Å². The van der Waals surface area contributed by atoms with Crippen molar-refractivity contribution >= 4 is 34.8 Å². The smallest absolute Gasteiger partial charge is 0.408 e. The first-order valence-corrected chi connectivity index (χ1v) is 10.6. The average Bonchev–Trinajstić information content (AvgIpc) is 2.83. The number of primary amides is 1. The van der Waals surface area contributed by atoms with E-state index in [0.29, 0.717) is 5.56 Å². The molecule has 1 aliphatic rings. The summed E-state index contributed by atoms with van der Waals surface area (Å²) in [5.74, 6) is -1.46. The van der Waals surface area contributed by atoms with Crippen LogP contribution < -0.4 is 11.1 Å². The lowest BCUT2D eigenvalue weighted by Gasteiger charge is -2.14. The molecule has 0 unspecified atom stereocenters. The topological polar surface area (TPSA) is 119 Å². The van der Waals surface area contributed by atoms with Crippen LogP contribution in [0, 0.1) is 0 Å². The maximum atomic E-state index is 11.4. The number of nitrogens with two attached hydrogens (primary N) is 1. The highest BCUT2D eigenvalue weighted by Gasteiger charge is 2.14. The number of aryl methyl sites for hydroxylation is 1. The number of hydrogen-bond donors (Lipinski definition) is 3. The Morgan fingerprint density at radius 3 is 2.48 bits per heavy atom. The third-order valence-electron chi connectivity index (χ3n) is 5.25. The summed E-state index contributed by atoms with van der Waals surface area (Å²) in [6.07, 6.45) is 5.69. The molecule has 0 fully saturated rings. The van der Waals surface area contributed by atoms with Crippen molar-refractivity contribution in [3.05, 3.63) is 89.0 Å². The van der Waals surface area contributed by atoms with Crippen molar-refractivity contribution in [2.75, 3.05) is 0 Å². The number of fused-ring (bicyclic) bond motifs is 3. The summed E-state index contributed by atoms with van der Waals surface area (Å²) in [6, 6.07) is 18.0. The van der Waals surface area contributed by atoms with Crippen LogP contribution in [0.3, 0.4) is 0 Å². The number of benzene rings is 3. The molecule has 1 aliphatic carbocycles. The molecule has 4 rings (SSSR count). The molecule has 3 aromatic carbocycles. The predicted molar refractivity (Wildman–Crippen MR) is 127 cm³/mol. The van der Waals surface area contributed by atoms with Crippen LogP contribution in [0.2, 0.25) is 0 Å². The largest absolute Gasteiger partial charge is 0.480 e. The molecule has 0 bridgehead atoms. The Hall–Kier alpha value is -4.13. The predicted octanol–water partition coefficient (Wildman–Crippen LogP) is 4.28. The van der Waals surface area contributed by atoms with E-state index in [1.165, 1.54) is 18.1 Å². The van der Waals surface area contributed by atoms with Gasteiger partial charge in [0.1, 0.15) is 12.6 Å². The summed E-state index contributed by atoms with van der Waals surface area (Å²) in [5.41, 5.74) is 9.44. The lowest BCUT2D eigenvalue weighted by atomic mass is 9.90. The van der Waals surface area contributed by atoms with Crippen molar-refractivity contribution in [3.8, 4) is 0 Å². The van der Waals surface area contributed by atoms with Crippen molar-refractivity contribution in [3.63, 3.8) is 0 Å². The van der Waals surface area contributed by atoms with Crippen molar-refractivity contribution in [2.45, 2.75) is 32.4 Å². The van der Waals surface area contributed by atoms with Gasteiger partial charge in [0, 0.05) is 5.56 Å². The number of alkyl carbamates (subject to hydrolysis) is 1. The van der Waals surface area contributed by atoms with E-state index in [1.54, 1.807) is 6.07 Å². The van der Waals surface area contributed by atoms with Gasteiger partial charge in [-0.25, -0.2) is 4.79 Å². The normalized spacial score (nSPS) is 12.6. The maximum Gasteiger partial charge on any atom is 0.408 e. The van der Waals surface area contributed by atoms with Crippen LogP contribution in [0.1, 0.15) is 40.4 Å². The van der Waals surface area contributed by atoms with E-state index in [0.717, 1.165) is 29.2 Å². The minimum Gasteiger partial charge on any atom is -0.480 e. The molecule has 0 radical (unpaired) electrons. The Balaban J connectivity index is 0.000000186. The molecule has 33 heavy (non-hydrogen) atoms. The molecule has 1 atom stereocenters. The van der Waals surface area contributed by atoms with Crippen LogP contribution in [-0.4, -0.2) is 29.1 Å². The van der Waals surface area contributed by atoms with E-state index in [1.807, 2.05) is 42.5 Å². The number of carboxylic acids is 1.